The molecule has 37 heavy (non-hydrogen) atoms. The summed E-state index contributed by atoms with van der Waals surface area (Å²) in [6.07, 6.45) is 1.58. The topological polar surface area (TPSA) is 139 Å². The number of nitrogens with zero attached hydrogens (tertiary/aromatic N) is 3. The van der Waals surface area contributed by atoms with E-state index in [1.165, 1.54) is 24.1 Å². The number of benzene rings is 2. The third kappa shape index (κ3) is 7.91. The van der Waals surface area contributed by atoms with Crippen LogP contribution in [-0.2, 0) is 26.2 Å². The van der Waals surface area contributed by atoms with Gasteiger partial charge in [0.2, 0.25) is 21.8 Å². The van der Waals surface area contributed by atoms with Crippen molar-refractivity contribution in [3.05, 3.63) is 63.7 Å². The average Bonchev–Trinajstić information content (AvgIpc) is 2.85. The van der Waals surface area contributed by atoms with Gasteiger partial charge in [0.15, 0.2) is 0 Å². The molecule has 0 saturated carbocycles. The molecule has 202 valence electrons. The summed E-state index contributed by atoms with van der Waals surface area (Å²) in [5.41, 5.74) is 1.25. The molecule has 1 N–H and O–H groups in total. The zero-order valence-corrected chi connectivity index (χ0v) is 22.7. The minimum atomic E-state index is -4.09. The fourth-order valence-corrected chi connectivity index (χ4v) is 4.36. The van der Waals surface area contributed by atoms with Crippen molar-refractivity contribution in [3.8, 4) is 5.75 Å². The van der Waals surface area contributed by atoms with Crippen LogP contribution >= 0.6 is 0 Å². The molecular weight excluding hydrogens is 500 g/mol. The van der Waals surface area contributed by atoms with Gasteiger partial charge in [-0.15, -0.1) is 0 Å². The quantitative estimate of drug-likeness (QED) is 0.326. The second-order valence-electron chi connectivity index (χ2n) is 8.88. The van der Waals surface area contributed by atoms with Crippen LogP contribution in [0.25, 0.3) is 0 Å². The molecule has 0 aliphatic rings. The van der Waals surface area contributed by atoms with Gasteiger partial charge in [0.1, 0.15) is 24.0 Å². The van der Waals surface area contributed by atoms with Crippen molar-refractivity contribution in [2.45, 2.75) is 52.7 Å². The maximum absolute atomic E-state index is 13.6. The van der Waals surface area contributed by atoms with Crippen LogP contribution in [0.3, 0.4) is 0 Å². The van der Waals surface area contributed by atoms with Crippen LogP contribution in [0, 0.1) is 17.0 Å². The molecule has 2 amide bonds. The Kier molecular flexibility index (Phi) is 10.0. The van der Waals surface area contributed by atoms with Gasteiger partial charge in [-0.25, -0.2) is 8.42 Å². The average molecular weight is 535 g/mol. The SMILES string of the molecule is CC[C@H](C)NC(=O)[C@@H](C)N(Cc1ccc(C)cc1)C(=O)CN(c1cc([N+](=O)[O-])ccc1OC)S(C)(=O)=O. The highest BCUT2D eigenvalue weighted by Gasteiger charge is 2.32. The molecular formula is C25H34N4O7S. The number of aryl methyl sites for hydroxylation is 1. The smallest absolute Gasteiger partial charge is 0.271 e. The molecule has 2 aromatic rings. The molecule has 0 aromatic heterocycles. The van der Waals surface area contributed by atoms with Crippen LogP contribution in [0.1, 0.15) is 38.3 Å². The number of nitrogens with one attached hydrogen (secondary N) is 1. The normalized spacial score (nSPS) is 12.8. The lowest BCUT2D eigenvalue weighted by atomic mass is 10.1. The van der Waals surface area contributed by atoms with Crippen LogP contribution in [-0.4, -0.2) is 62.0 Å². The highest BCUT2D eigenvalue weighted by atomic mass is 32.2. The molecule has 0 saturated heterocycles. The van der Waals surface area contributed by atoms with E-state index in [0.29, 0.717) is 6.42 Å². The zero-order chi connectivity index (χ0) is 27.9. The molecule has 0 aliphatic heterocycles. The van der Waals surface area contributed by atoms with E-state index >= 15 is 0 Å². The Labute approximate surface area is 217 Å². The molecule has 2 aromatic carbocycles. The fourth-order valence-electron chi connectivity index (χ4n) is 3.52. The molecule has 12 heteroatoms. The summed E-state index contributed by atoms with van der Waals surface area (Å²) >= 11 is 0. The predicted molar refractivity (Wildman–Crippen MR) is 141 cm³/mol. The first-order valence-corrected chi connectivity index (χ1v) is 13.6. The summed E-state index contributed by atoms with van der Waals surface area (Å²) in [6, 6.07) is 9.84. The Morgan fingerprint density at radius 3 is 2.27 bits per heavy atom. The Hall–Kier alpha value is -3.67. The number of non-ortho nitro benzene ring substituents is 1. The van der Waals surface area contributed by atoms with Gasteiger partial charge >= 0.3 is 0 Å². The summed E-state index contributed by atoms with van der Waals surface area (Å²) in [6.45, 7) is 6.62. The second-order valence-corrected chi connectivity index (χ2v) is 10.8. The summed E-state index contributed by atoms with van der Waals surface area (Å²) in [5, 5.41) is 14.2. The number of anilines is 1. The maximum atomic E-state index is 13.6. The monoisotopic (exact) mass is 534 g/mol. The Morgan fingerprint density at radius 2 is 1.76 bits per heavy atom. The van der Waals surface area contributed by atoms with Crippen LogP contribution < -0.4 is 14.4 Å². The lowest BCUT2D eigenvalue weighted by Crippen LogP contribution is -2.52. The lowest BCUT2D eigenvalue weighted by molar-refractivity contribution is -0.384. The Morgan fingerprint density at radius 1 is 1.14 bits per heavy atom. The van der Waals surface area contributed by atoms with Crippen molar-refractivity contribution in [2.75, 3.05) is 24.2 Å². The number of sulfonamides is 1. The van der Waals surface area contributed by atoms with E-state index in [-0.39, 0.29) is 35.6 Å². The highest BCUT2D eigenvalue weighted by Crippen LogP contribution is 2.33. The van der Waals surface area contributed by atoms with E-state index in [4.69, 9.17) is 4.74 Å². The number of nitro benzene ring substituents is 1. The molecule has 2 rings (SSSR count). The number of methoxy groups -OCH3 is 1. The van der Waals surface area contributed by atoms with E-state index in [9.17, 15) is 28.1 Å². The number of carbonyl (C=O) groups is 2. The van der Waals surface area contributed by atoms with Crippen molar-refractivity contribution >= 4 is 33.2 Å². The third-order valence-corrected chi connectivity index (χ3v) is 7.09. The van der Waals surface area contributed by atoms with Crippen LogP contribution in [0.5, 0.6) is 5.75 Å². The summed E-state index contributed by atoms with van der Waals surface area (Å²) in [4.78, 5) is 38.5. The highest BCUT2D eigenvalue weighted by molar-refractivity contribution is 7.92. The van der Waals surface area contributed by atoms with Gasteiger partial charge in [0.25, 0.3) is 5.69 Å². The largest absolute Gasteiger partial charge is 0.495 e. The minimum absolute atomic E-state index is 0.0384. The van der Waals surface area contributed by atoms with Gasteiger partial charge in [-0.1, -0.05) is 36.8 Å². The third-order valence-electron chi connectivity index (χ3n) is 5.96. The van der Waals surface area contributed by atoms with Gasteiger partial charge in [0.05, 0.1) is 18.3 Å². The second kappa shape index (κ2) is 12.5. The predicted octanol–water partition coefficient (Wildman–Crippen LogP) is 3.01. The molecule has 2 atom stereocenters. The van der Waals surface area contributed by atoms with Gasteiger partial charge < -0.3 is 15.0 Å². The number of rotatable bonds is 12. The van der Waals surface area contributed by atoms with Crippen molar-refractivity contribution in [2.24, 2.45) is 0 Å². The molecule has 0 heterocycles. The fraction of sp³-hybridized carbons (Fsp3) is 0.440. The first-order valence-electron chi connectivity index (χ1n) is 11.7. The van der Waals surface area contributed by atoms with Gasteiger partial charge in [-0.2, -0.15) is 0 Å². The van der Waals surface area contributed by atoms with E-state index in [2.05, 4.69) is 5.32 Å². The maximum Gasteiger partial charge on any atom is 0.271 e. The van der Waals surface area contributed by atoms with Gasteiger partial charge in [0, 0.05) is 24.7 Å². The zero-order valence-electron chi connectivity index (χ0n) is 21.9. The number of carbonyl (C=O) groups excluding carboxylic acids is 2. The number of ether oxygens (including phenoxy) is 1. The van der Waals surface area contributed by atoms with E-state index in [1.54, 1.807) is 6.92 Å². The van der Waals surface area contributed by atoms with E-state index in [0.717, 1.165) is 27.8 Å². The summed E-state index contributed by atoms with van der Waals surface area (Å²) in [7, 11) is -2.80. The van der Waals surface area contributed by atoms with Crippen molar-refractivity contribution < 1.29 is 27.7 Å². The van der Waals surface area contributed by atoms with Crippen LogP contribution in [0.2, 0.25) is 0 Å². The molecule has 0 bridgehead atoms. The number of nitro groups is 1. The molecule has 0 radical (unpaired) electrons. The van der Waals surface area contributed by atoms with E-state index in [1.807, 2.05) is 45.0 Å². The molecule has 0 unspecified atom stereocenters. The molecule has 0 spiro atoms. The standard InChI is InChI=1S/C25H34N4O7S/c1-7-18(3)26-25(31)19(4)27(15-20-10-8-17(2)9-11-20)24(30)16-28(37(6,34)35)22-14-21(29(32)33)12-13-23(22)36-5/h8-14,18-19H,7,15-16H2,1-6H3,(H,26,31)/t18-,19+/m0/s1. The van der Waals surface area contributed by atoms with Gasteiger partial charge in [-0.05, 0) is 38.8 Å². The van der Waals surface area contributed by atoms with Crippen molar-refractivity contribution in [3.63, 3.8) is 0 Å². The number of amides is 2. The number of hydrogen-bond acceptors (Lipinski definition) is 7. The first kappa shape index (κ1) is 29.6. The minimum Gasteiger partial charge on any atom is -0.495 e. The first-order chi connectivity index (χ1) is 17.3. The molecule has 0 aliphatic carbocycles. The number of hydrogen-bond donors (Lipinski definition) is 1. The summed E-state index contributed by atoms with van der Waals surface area (Å²) < 4.78 is 31.5. The summed E-state index contributed by atoms with van der Waals surface area (Å²) in [5.74, 6) is -1.00. The molecule has 0 fully saturated rings. The lowest BCUT2D eigenvalue weighted by Gasteiger charge is -2.32. The van der Waals surface area contributed by atoms with Crippen molar-refractivity contribution in [1.82, 2.24) is 10.2 Å². The Bertz CT molecular complexity index is 1230. The van der Waals surface area contributed by atoms with E-state index < -0.39 is 33.4 Å². The van der Waals surface area contributed by atoms with Crippen LogP contribution in [0.15, 0.2) is 42.5 Å². The van der Waals surface area contributed by atoms with Crippen LogP contribution in [0.4, 0.5) is 11.4 Å². The van der Waals surface area contributed by atoms with Crippen molar-refractivity contribution in [1.29, 1.82) is 0 Å². The Balaban J connectivity index is 2.50. The molecule has 11 nitrogen and oxygen atoms in total. The van der Waals surface area contributed by atoms with Gasteiger partial charge in [-0.3, -0.25) is 24.0 Å².